The van der Waals surface area contributed by atoms with Crippen LogP contribution < -0.4 is 5.73 Å². The van der Waals surface area contributed by atoms with E-state index in [2.05, 4.69) is 4.98 Å². The molecule has 1 aliphatic rings. The maximum Gasteiger partial charge on any atom is 0.309 e. The number of esters is 1. The normalized spacial score (nSPS) is 32.0. The van der Waals surface area contributed by atoms with E-state index in [4.69, 9.17) is 10.5 Å². The second-order valence-corrected chi connectivity index (χ2v) is 11.0. The van der Waals surface area contributed by atoms with Gasteiger partial charge in [0, 0.05) is 30.2 Å². The SMILES string of the molecule is C/C1=C/CC(/C(C)=C/c2csc(CN)n2)OC(=O)C[C@H](O)C(C)(C)C(=O)C(C)C(O)C(C)/C=C/C1. The molecule has 0 saturated heterocycles. The first-order valence-electron chi connectivity index (χ1n) is 12.1. The summed E-state index contributed by atoms with van der Waals surface area (Å²) in [5, 5.41) is 24.3. The van der Waals surface area contributed by atoms with Crippen molar-refractivity contribution in [3.05, 3.63) is 45.5 Å². The molecule has 0 saturated carbocycles. The van der Waals surface area contributed by atoms with Crippen molar-refractivity contribution >= 4 is 29.2 Å². The number of hydrogen-bond acceptors (Lipinski definition) is 8. The Kier molecular flexibility index (Phi) is 10.6. The topological polar surface area (TPSA) is 123 Å². The summed E-state index contributed by atoms with van der Waals surface area (Å²) in [4.78, 5) is 30.5. The third-order valence-electron chi connectivity index (χ3n) is 6.75. The summed E-state index contributed by atoms with van der Waals surface area (Å²) in [6.07, 6.45) is 5.96. The van der Waals surface area contributed by atoms with Gasteiger partial charge in [-0.15, -0.1) is 11.3 Å². The number of hydrogen-bond donors (Lipinski definition) is 3. The molecule has 8 heteroatoms. The lowest BCUT2D eigenvalue weighted by Crippen LogP contribution is -2.45. The first-order chi connectivity index (χ1) is 16.4. The molecule has 4 N–H and O–H groups in total. The number of allylic oxidation sites excluding steroid dienone is 2. The van der Waals surface area contributed by atoms with Crippen molar-refractivity contribution in [1.29, 1.82) is 0 Å². The Morgan fingerprint density at radius 1 is 1.31 bits per heavy atom. The molecule has 2 rings (SSSR count). The average molecular weight is 505 g/mol. The zero-order chi connectivity index (χ0) is 26.3. The van der Waals surface area contributed by atoms with Crippen LogP contribution in [0.15, 0.2) is 34.8 Å². The third-order valence-corrected chi connectivity index (χ3v) is 7.64. The van der Waals surface area contributed by atoms with Gasteiger partial charge < -0.3 is 20.7 Å². The average Bonchev–Trinajstić information content (AvgIpc) is 3.26. The third kappa shape index (κ3) is 7.93. The second-order valence-electron chi connectivity index (χ2n) is 10.1. The number of Topliss-reactive ketones (excluding diaryl/α,β-unsaturated/α-hetero) is 1. The summed E-state index contributed by atoms with van der Waals surface area (Å²) < 4.78 is 5.79. The fourth-order valence-corrected chi connectivity index (χ4v) is 4.73. The number of cyclic esters (lactones) is 1. The highest BCUT2D eigenvalue weighted by atomic mass is 32.1. The van der Waals surface area contributed by atoms with Crippen molar-refractivity contribution in [3.63, 3.8) is 0 Å². The molecule has 1 aliphatic heterocycles. The van der Waals surface area contributed by atoms with E-state index in [0.29, 0.717) is 19.4 Å². The number of carbonyl (C=O) groups excluding carboxylic acids is 2. The zero-order valence-corrected chi connectivity index (χ0v) is 22.5. The molecule has 1 aromatic heterocycles. The van der Waals surface area contributed by atoms with Gasteiger partial charge in [0.25, 0.3) is 0 Å². The van der Waals surface area contributed by atoms with E-state index in [9.17, 15) is 19.8 Å². The zero-order valence-electron chi connectivity index (χ0n) is 21.7. The lowest BCUT2D eigenvalue weighted by molar-refractivity contribution is -0.154. The first-order valence-corrected chi connectivity index (χ1v) is 13.0. The predicted molar refractivity (Wildman–Crippen MR) is 139 cm³/mol. The molecular formula is C27H40N2O5S. The van der Waals surface area contributed by atoms with Crippen LogP contribution in [-0.2, 0) is 20.9 Å². The van der Waals surface area contributed by atoms with Crippen molar-refractivity contribution in [2.24, 2.45) is 23.0 Å². The van der Waals surface area contributed by atoms with E-state index in [-0.39, 0.29) is 18.1 Å². The van der Waals surface area contributed by atoms with Gasteiger partial charge in [-0.05, 0) is 31.9 Å². The quantitative estimate of drug-likeness (QED) is 0.417. The van der Waals surface area contributed by atoms with Crippen LogP contribution >= 0.6 is 11.3 Å². The monoisotopic (exact) mass is 504 g/mol. The number of nitrogens with zero attached hydrogens (tertiary/aromatic N) is 1. The molecule has 0 bridgehead atoms. The predicted octanol–water partition coefficient (Wildman–Crippen LogP) is 4.19. The van der Waals surface area contributed by atoms with E-state index in [1.807, 2.05) is 50.5 Å². The van der Waals surface area contributed by atoms with Crippen LogP contribution in [0.25, 0.3) is 6.08 Å². The van der Waals surface area contributed by atoms with E-state index in [0.717, 1.165) is 21.8 Å². The molecule has 0 fully saturated rings. The van der Waals surface area contributed by atoms with E-state index < -0.39 is 35.6 Å². The molecule has 194 valence electrons. The van der Waals surface area contributed by atoms with Crippen molar-refractivity contribution in [2.75, 3.05) is 0 Å². The van der Waals surface area contributed by atoms with Crippen molar-refractivity contribution in [2.45, 2.75) is 85.7 Å². The van der Waals surface area contributed by atoms with E-state index in [1.54, 1.807) is 20.8 Å². The molecule has 1 aromatic rings. The lowest BCUT2D eigenvalue weighted by atomic mass is 9.73. The highest BCUT2D eigenvalue weighted by molar-refractivity contribution is 7.09. The van der Waals surface area contributed by atoms with Crippen LogP contribution in [0, 0.1) is 17.3 Å². The Balaban J connectivity index is 2.37. The smallest absolute Gasteiger partial charge is 0.309 e. The minimum absolute atomic E-state index is 0.234. The van der Waals surface area contributed by atoms with Crippen LogP contribution in [-0.4, -0.2) is 45.3 Å². The van der Waals surface area contributed by atoms with Gasteiger partial charge in [0.15, 0.2) is 0 Å². The molecule has 0 spiro atoms. The van der Waals surface area contributed by atoms with Gasteiger partial charge in [0.2, 0.25) is 0 Å². The molecule has 0 aromatic carbocycles. The molecule has 2 heterocycles. The van der Waals surface area contributed by atoms with Crippen LogP contribution in [0.5, 0.6) is 0 Å². The molecular weight excluding hydrogens is 464 g/mol. The minimum atomic E-state index is -1.25. The highest BCUT2D eigenvalue weighted by Gasteiger charge is 2.42. The fraction of sp³-hybridized carbons (Fsp3) is 0.593. The van der Waals surface area contributed by atoms with Gasteiger partial charge in [-0.25, -0.2) is 4.98 Å². The standard InChI is InChI=1S/C27H40N2O5S/c1-16-8-7-9-17(2)25(32)19(4)26(33)27(5,6)22(30)13-24(31)34-21(11-10-16)18(3)12-20-15-35-23(14-28)29-20/h7,9-10,12,15,17,19,21-22,25,30,32H,8,11,13-14,28H2,1-6H3/b9-7+,16-10-,18-12+/t17?,19?,21?,22-,25?/m0/s1. The van der Waals surface area contributed by atoms with Crippen molar-refractivity contribution in [3.8, 4) is 0 Å². The number of aromatic nitrogens is 1. The second kappa shape index (κ2) is 12.7. The maximum absolute atomic E-state index is 13.2. The van der Waals surface area contributed by atoms with Gasteiger partial charge >= 0.3 is 5.97 Å². The number of rotatable bonds is 3. The number of aliphatic hydroxyl groups excluding tert-OH is 2. The number of nitrogens with two attached hydrogens (primary N) is 1. The van der Waals surface area contributed by atoms with Crippen LogP contribution in [0.1, 0.15) is 71.5 Å². The fourth-order valence-electron chi connectivity index (χ4n) is 4.09. The Morgan fingerprint density at radius 3 is 2.63 bits per heavy atom. The molecule has 7 nitrogen and oxygen atoms in total. The van der Waals surface area contributed by atoms with Crippen molar-refractivity contribution in [1.82, 2.24) is 4.98 Å². The molecule has 0 radical (unpaired) electrons. The minimum Gasteiger partial charge on any atom is -0.457 e. The maximum atomic E-state index is 13.2. The van der Waals surface area contributed by atoms with E-state index >= 15 is 0 Å². The summed E-state index contributed by atoms with van der Waals surface area (Å²) in [5.41, 5.74) is 7.11. The number of ketones is 1. The van der Waals surface area contributed by atoms with Gasteiger partial charge in [-0.2, -0.15) is 0 Å². The summed E-state index contributed by atoms with van der Waals surface area (Å²) in [6, 6.07) is 0. The van der Waals surface area contributed by atoms with Gasteiger partial charge in [-0.3, -0.25) is 9.59 Å². The van der Waals surface area contributed by atoms with Crippen LogP contribution in [0.3, 0.4) is 0 Å². The summed E-state index contributed by atoms with van der Waals surface area (Å²) >= 11 is 1.48. The van der Waals surface area contributed by atoms with Crippen LogP contribution in [0.4, 0.5) is 0 Å². The molecule has 0 amide bonds. The van der Waals surface area contributed by atoms with E-state index in [1.165, 1.54) is 11.3 Å². The van der Waals surface area contributed by atoms with Gasteiger partial charge in [-0.1, -0.05) is 51.5 Å². The summed E-state index contributed by atoms with van der Waals surface area (Å²) in [7, 11) is 0. The number of aliphatic hydroxyl groups is 2. The van der Waals surface area contributed by atoms with Gasteiger partial charge in [0.1, 0.15) is 16.9 Å². The number of ether oxygens (including phenoxy) is 1. The molecule has 0 aliphatic carbocycles. The number of carbonyl (C=O) groups is 2. The first kappa shape index (κ1) is 29.1. The Bertz CT molecular complexity index is 978. The molecule has 35 heavy (non-hydrogen) atoms. The lowest BCUT2D eigenvalue weighted by Gasteiger charge is -2.34. The Morgan fingerprint density at radius 2 is 2.00 bits per heavy atom. The summed E-state index contributed by atoms with van der Waals surface area (Å²) in [6.45, 7) is 11.0. The largest absolute Gasteiger partial charge is 0.457 e. The van der Waals surface area contributed by atoms with Crippen molar-refractivity contribution < 1.29 is 24.5 Å². The summed E-state index contributed by atoms with van der Waals surface area (Å²) in [5.74, 6) is -1.81. The highest BCUT2D eigenvalue weighted by Crippen LogP contribution is 2.31. The van der Waals surface area contributed by atoms with Gasteiger partial charge in [0.05, 0.1) is 29.7 Å². The van der Waals surface area contributed by atoms with Crippen LogP contribution in [0.2, 0.25) is 0 Å². The Labute approximate surface area is 212 Å². The molecule has 4 unspecified atom stereocenters. The number of thiazole rings is 1. The Hall–Kier alpha value is -2.13. The molecule has 5 atom stereocenters.